The van der Waals surface area contributed by atoms with Gasteiger partial charge in [-0.2, -0.15) is 5.10 Å². The lowest BCUT2D eigenvalue weighted by Gasteiger charge is -2.45. The van der Waals surface area contributed by atoms with Crippen molar-refractivity contribution in [3.63, 3.8) is 0 Å². The van der Waals surface area contributed by atoms with Crippen LogP contribution in [0.1, 0.15) is 41.4 Å². The number of aryl methyl sites for hydroxylation is 1. The maximum atomic E-state index is 13.2. The van der Waals surface area contributed by atoms with Gasteiger partial charge in [-0.25, -0.2) is 13.6 Å². The lowest BCUT2D eigenvalue weighted by molar-refractivity contribution is -0.151. The second-order valence-corrected chi connectivity index (χ2v) is 8.73. The minimum atomic E-state index is -2.64. The standard InChI is InChI=1S/C21H25F2N5O2/c1-13-4-3-5-14(8-13)17-16(18(24)29)15-9-27(6-7-28(15)26-17)19(30)25-12-20(2)10-21(22,23)11-20/h3-5,8H,6-7,9-12H2,1-2H3,(H2,24,29)(H,25,30). The fraction of sp³-hybridized carbons (Fsp3) is 0.476. The maximum Gasteiger partial charge on any atom is 0.317 e. The van der Waals surface area contributed by atoms with E-state index in [4.69, 9.17) is 5.73 Å². The van der Waals surface area contributed by atoms with Gasteiger partial charge in [0.25, 0.3) is 5.91 Å². The number of halogens is 2. The first-order valence-electron chi connectivity index (χ1n) is 9.94. The Morgan fingerprint density at radius 3 is 2.63 bits per heavy atom. The Bertz CT molecular complexity index is 1010. The predicted octanol–water partition coefficient (Wildman–Crippen LogP) is 2.92. The Hall–Kier alpha value is -2.97. The summed E-state index contributed by atoms with van der Waals surface area (Å²) < 4.78 is 28.1. The van der Waals surface area contributed by atoms with E-state index in [1.54, 1.807) is 16.5 Å². The zero-order chi connectivity index (χ0) is 21.7. The maximum absolute atomic E-state index is 13.2. The Labute approximate surface area is 173 Å². The second-order valence-electron chi connectivity index (χ2n) is 8.73. The number of hydrogen-bond acceptors (Lipinski definition) is 3. The fourth-order valence-corrected chi connectivity index (χ4v) is 4.47. The van der Waals surface area contributed by atoms with Crippen molar-refractivity contribution in [3.8, 4) is 11.3 Å². The first-order chi connectivity index (χ1) is 14.1. The topological polar surface area (TPSA) is 93.2 Å². The molecule has 1 aliphatic heterocycles. The van der Waals surface area contributed by atoms with Gasteiger partial charge in [0, 0.05) is 31.5 Å². The molecule has 1 fully saturated rings. The van der Waals surface area contributed by atoms with Crippen LogP contribution in [0.5, 0.6) is 0 Å². The summed E-state index contributed by atoms with van der Waals surface area (Å²) in [5, 5.41) is 7.34. The molecule has 0 atom stereocenters. The largest absolute Gasteiger partial charge is 0.365 e. The molecule has 1 aromatic carbocycles. The average Bonchev–Trinajstić information content (AvgIpc) is 3.03. The third kappa shape index (κ3) is 3.76. The van der Waals surface area contributed by atoms with Gasteiger partial charge in [0.2, 0.25) is 5.92 Å². The Morgan fingerprint density at radius 1 is 1.27 bits per heavy atom. The summed E-state index contributed by atoms with van der Waals surface area (Å²) in [6.07, 6.45) is -0.447. The van der Waals surface area contributed by atoms with Crippen molar-refractivity contribution in [2.75, 3.05) is 13.1 Å². The Morgan fingerprint density at radius 2 is 2.00 bits per heavy atom. The summed E-state index contributed by atoms with van der Waals surface area (Å²) in [6.45, 7) is 4.89. The van der Waals surface area contributed by atoms with Crippen LogP contribution in [-0.2, 0) is 13.1 Å². The quantitative estimate of drug-likeness (QED) is 0.801. The van der Waals surface area contributed by atoms with Gasteiger partial charge in [-0.3, -0.25) is 9.48 Å². The van der Waals surface area contributed by atoms with E-state index >= 15 is 0 Å². The Balaban J connectivity index is 1.52. The molecule has 2 aliphatic rings. The number of amides is 3. The highest BCUT2D eigenvalue weighted by Crippen LogP contribution is 2.51. The van der Waals surface area contributed by atoms with Crippen molar-refractivity contribution in [1.82, 2.24) is 20.0 Å². The van der Waals surface area contributed by atoms with Crippen LogP contribution < -0.4 is 11.1 Å². The first-order valence-corrected chi connectivity index (χ1v) is 9.94. The van der Waals surface area contributed by atoms with Crippen molar-refractivity contribution in [2.24, 2.45) is 11.1 Å². The normalized spacial score (nSPS) is 19.0. The van der Waals surface area contributed by atoms with Crippen LogP contribution in [0, 0.1) is 12.3 Å². The van der Waals surface area contributed by atoms with Crippen LogP contribution in [0.3, 0.4) is 0 Å². The second kappa shape index (κ2) is 7.07. The van der Waals surface area contributed by atoms with Gasteiger partial charge in [-0.15, -0.1) is 0 Å². The van der Waals surface area contributed by atoms with Crippen molar-refractivity contribution in [2.45, 2.75) is 45.7 Å². The molecular formula is C21H25F2N5O2. The number of urea groups is 1. The smallest absolute Gasteiger partial charge is 0.317 e. The van der Waals surface area contributed by atoms with Crippen molar-refractivity contribution >= 4 is 11.9 Å². The number of alkyl halides is 2. The van der Waals surface area contributed by atoms with Crippen LogP contribution in [-0.4, -0.2) is 45.6 Å². The fourth-order valence-electron chi connectivity index (χ4n) is 4.47. The van der Waals surface area contributed by atoms with Crippen LogP contribution in [0.4, 0.5) is 13.6 Å². The van der Waals surface area contributed by atoms with E-state index in [0.29, 0.717) is 30.0 Å². The lowest BCUT2D eigenvalue weighted by atomic mass is 9.67. The molecule has 0 spiro atoms. The number of carbonyl (C=O) groups is 2. The molecule has 0 radical (unpaired) electrons. The summed E-state index contributed by atoms with van der Waals surface area (Å²) in [4.78, 5) is 26.4. The van der Waals surface area contributed by atoms with E-state index < -0.39 is 17.2 Å². The third-order valence-corrected chi connectivity index (χ3v) is 5.84. The number of aromatic nitrogens is 2. The van der Waals surface area contributed by atoms with Crippen LogP contribution in [0.15, 0.2) is 24.3 Å². The molecule has 1 aromatic heterocycles. The Kier molecular flexibility index (Phi) is 4.79. The summed E-state index contributed by atoms with van der Waals surface area (Å²) in [7, 11) is 0. The van der Waals surface area contributed by atoms with E-state index in [0.717, 1.165) is 11.1 Å². The number of rotatable bonds is 4. The van der Waals surface area contributed by atoms with Gasteiger partial charge in [-0.1, -0.05) is 30.7 Å². The first kappa shape index (κ1) is 20.3. The zero-order valence-corrected chi connectivity index (χ0v) is 17.0. The number of hydrogen-bond donors (Lipinski definition) is 2. The van der Waals surface area contributed by atoms with Crippen molar-refractivity contribution in [1.29, 1.82) is 0 Å². The van der Waals surface area contributed by atoms with E-state index in [9.17, 15) is 18.4 Å². The molecule has 30 heavy (non-hydrogen) atoms. The number of nitrogens with two attached hydrogens (primary N) is 1. The van der Waals surface area contributed by atoms with Crippen LogP contribution in [0.2, 0.25) is 0 Å². The molecule has 7 nitrogen and oxygen atoms in total. The SMILES string of the molecule is Cc1cccc(-c2nn3c(c2C(N)=O)CN(C(=O)NCC2(C)CC(F)(F)C2)CC3)c1. The molecular weight excluding hydrogens is 392 g/mol. The number of benzene rings is 1. The molecule has 1 aliphatic carbocycles. The molecule has 0 bridgehead atoms. The minimum Gasteiger partial charge on any atom is -0.365 e. The summed E-state index contributed by atoms with van der Waals surface area (Å²) >= 11 is 0. The molecule has 1 saturated carbocycles. The highest BCUT2D eigenvalue weighted by molar-refractivity contribution is 6.00. The average molecular weight is 417 g/mol. The molecule has 0 unspecified atom stereocenters. The third-order valence-electron chi connectivity index (χ3n) is 5.84. The van der Waals surface area contributed by atoms with E-state index in [1.807, 2.05) is 31.2 Å². The molecule has 2 aromatic rings. The van der Waals surface area contributed by atoms with E-state index in [1.165, 1.54) is 0 Å². The molecule has 3 amide bonds. The summed E-state index contributed by atoms with van der Waals surface area (Å²) in [6, 6.07) is 7.30. The minimum absolute atomic E-state index is 0.176. The highest BCUT2D eigenvalue weighted by Gasteiger charge is 2.53. The van der Waals surface area contributed by atoms with Crippen molar-refractivity contribution in [3.05, 3.63) is 41.1 Å². The summed E-state index contributed by atoms with van der Waals surface area (Å²) in [5.41, 5.74) is 8.30. The number of fused-ring (bicyclic) bond motifs is 1. The zero-order valence-electron chi connectivity index (χ0n) is 17.0. The molecule has 160 valence electrons. The highest BCUT2D eigenvalue weighted by atomic mass is 19.3. The van der Waals surface area contributed by atoms with Crippen LogP contribution >= 0.6 is 0 Å². The van der Waals surface area contributed by atoms with Gasteiger partial charge < -0.3 is 16.0 Å². The van der Waals surface area contributed by atoms with Gasteiger partial charge in [0.15, 0.2) is 0 Å². The van der Waals surface area contributed by atoms with Gasteiger partial charge >= 0.3 is 6.03 Å². The van der Waals surface area contributed by atoms with E-state index in [-0.39, 0.29) is 32.0 Å². The number of nitrogens with zero attached hydrogens (tertiary/aromatic N) is 3. The molecule has 3 N–H and O–H groups in total. The monoisotopic (exact) mass is 417 g/mol. The summed E-state index contributed by atoms with van der Waals surface area (Å²) in [5.74, 6) is -3.24. The van der Waals surface area contributed by atoms with Crippen molar-refractivity contribution < 1.29 is 18.4 Å². The molecule has 9 heteroatoms. The lowest BCUT2D eigenvalue weighted by Crippen LogP contribution is -2.53. The van der Waals surface area contributed by atoms with E-state index in [2.05, 4.69) is 10.4 Å². The molecule has 4 rings (SSSR count). The number of nitrogens with one attached hydrogen (secondary N) is 1. The van der Waals surface area contributed by atoms with Gasteiger partial charge in [-0.05, 0) is 18.4 Å². The predicted molar refractivity (Wildman–Crippen MR) is 107 cm³/mol. The van der Waals surface area contributed by atoms with Gasteiger partial charge in [0.05, 0.1) is 24.3 Å². The van der Waals surface area contributed by atoms with Gasteiger partial charge in [0.1, 0.15) is 5.69 Å². The number of primary amides is 1. The number of carbonyl (C=O) groups excluding carboxylic acids is 2. The molecule has 2 heterocycles. The van der Waals surface area contributed by atoms with Crippen LogP contribution in [0.25, 0.3) is 11.3 Å². The molecule has 0 saturated heterocycles.